The van der Waals surface area contributed by atoms with Crippen molar-refractivity contribution in [1.29, 1.82) is 0 Å². The van der Waals surface area contributed by atoms with Crippen LogP contribution in [0.4, 0.5) is 0 Å². The third-order valence-electron chi connectivity index (χ3n) is 3.77. The Balaban J connectivity index is 1.93. The molecule has 2 aromatic carbocycles. The Hall–Kier alpha value is -2.63. The zero-order chi connectivity index (χ0) is 16.7. The fourth-order valence-electron chi connectivity index (χ4n) is 2.59. The van der Waals surface area contributed by atoms with Gasteiger partial charge in [0.2, 0.25) is 15.3 Å². The van der Waals surface area contributed by atoms with Crippen molar-refractivity contribution in [2.75, 3.05) is 0 Å². The van der Waals surface area contributed by atoms with Crippen LogP contribution in [0.2, 0.25) is 0 Å². The van der Waals surface area contributed by atoms with Gasteiger partial charge in [0.15, 0.2) is 0 Å². The van der Waals surface area contributed by atoms with Crippen LogP contribution in [0, 0.1) is 0 Å². The summed E-state index contributed by atoms with van der Waals surface area (Å²) in [5, 5.41) is 1.64. The number of carbonyl (C=O) groups excluding carboxylic acids is 1. The number of benzene rings is 2. The van der Waals surface area contributed by atoms with Crippen molar-refractivity contribution in [3.63, 3.8) is 0 Å². The molecule has 5 heteroatoms. The summed E-state index contributed by atoms with van der Waals surface area (Å²) in [7, 11) is 0. The molecule has 0 fully saturated rings. The lowest BCUT2D eigenvalue weighted by atomic mass is 10.1. The quantitative estimate of drug-likeness (QED) is 0.512. The van der Waals surface area contributed by atoms with Crippen LogP contribution in [0.1, 0.15) is 15.9 Å². The van der Waals surface area contributed by atoms with E-state index in [0.29, 0.717) is 0 Å². The zero-order valence-corrected chi connectivity index (χ0v) is 13.9. The van der Waals surface area contributed by atoms with Crippen LogP contribution in [-0.4, -0.2) is 5.78 Å². The van der Waals surface area contributed by atoms with Crippen molar-refractivity contribution < 1.29 is 4.79 Å². The SMILES string of the molecule is O=C(c1cc2ccccc2sc1=O)c1cc2ccccc2sc1=O. The summed E-state index contributed by atoms with van der Waals surface area (Å²) in [6, 6.07) is 17.9. The fraction of sp³-hybridized carbons (Fsp3) is 0. The van der Waals surface area contributed by atoms with Crippen LogP contribution in [0.5, 0.6) is 0 Å². The van der Waals surface area contributed by atoms with E-state index >= 15 is 0 Å². The maximum atomic E-state index is 12.8. The van der Waals surface area contributed by atoms with Crippen LogP contribution in [0.15, 0.2) is 70.3 Å². The van der Waals surface area contributed by atoms with E-state index in [-0.39, 0.29) is 20.6 Å². The van der Waals surface area contributed by atoms with Crippen molar-refractivity contribution in [2.24, 2.45) is 0 Å². The van der Waals surface area contributed by atoms with Gasteiger partial charge in [-0.1, -0.05) is 59.1 Å². The van der Waals surface area contributed by atoms with Crippen molar-refractivity contribution in [1.82, 2.24) is 0 Å². The van der Waals surface area contributed by atoms with Gasteiger partial charge in [0.05, 0.1) is 11.1 Å². The molecule has 0 saturated carbocycles. The summed E-state index contributed by atoms with van der Waals surface area (Å²) in [6.45, 7) is 0. The monoisotopic (exact) mass is 350 g/mol. The topological polar surface area (TPSA) is 51.2 Å². The molecule has 3 nitrogen and oxygen atoms in total. The van der Waals surface area contributed by atoms with Gasteiger partial charge in [-0.25, -0.2) is 0 Å². The molecule has 0 N–H and O–H groups in total. The highest BCUT2D eigenvalue weighted by molar-refractivity contribution is 7.17. The Labute approximate surface area is 144 Å². The lowest BCUT2D eigenvalue weighted by molar-refractivity contribution is 0.103. The van der Waals surface area contributed by atoms with Gasteiger partial charge < -0.3 is 0 Å². The summed E-state index contributed by atoms with van der Waals surface area (Å²) in [5.41, 5.74) is 0.108. The van der Waals surface area contributed by atoms with E-state index in [2.05, 4.69) is 0 Å². The van der Waals surface area contributed by atoms with Gasteiger partial charge in [-0.05, 0) is 35.0 Å². The number of hydrogen-bond acceptors (Lipinski definition) is 5. The molecule has 0 saturated heterocycles. The molecule has 0 radical (unpaired) electrons. The summed E-state index contributed by atoms with van der Waals surface area (Å²) in [4.78, 5) is 37.4. The molecule has 0 bridgehead atoms. The van der Waals surface area contributed by atoms with Gasteiger partial charge in [0.1, 0.15) is 0 Å². The molecule has 4 aromatic rings. The van der Waals surface area contributed by atoms with Crippen LogP contribution in [0.3, 0.4) is 0 Å². The van der Waals surface area contributed by atoms with Gasteiger partial charge >= 0.3 is 0 Å². The van der Waals surface area contributed by atoms with Gasteiger partial charge in [-0.15, -0.1) is 0 Å². The minimum absolute atomic E-state index is 0.0540. The minimum Gasteiger partial charge on any atom is -0.288 e. The maximum Gasteiger partial charge on any atom is 0.244 e. The van der Waals surface area contributed by atoms with Gasteiger partial charge in [0.25, 0.3) is 0 Å². The molecule has 2 heterocycles. The van der Waals surface area contributed by atoms with E-state index in [1.165, 1.54) is 0 Å². The third-order valence-corrected chi connectivity index (χ3v) is 5.77. The minimum atomic E-state index is -0.506. The first-order valence-corrected chi connectivity index (χ1v) is 8.87. The lowest BCUT2D eigenvalue weighted by Gasteiger charge is -2.03. The van der Waals surface area contributed by atoms with Crippen LogP contribution >= 0.6 is 22.7 Å². The van der Waals surface area contributed by atoms with Crippen LogP contribution in [0.25, 0.3) is 20.2 Å². The molecule has 0 aliphatic rings. The predicted molar refractivity (Wildman–Crippen MR) is 99.6 cm³/mol. The van der Waals surface area contributed by atoms with E-state index in [0.717, 1.165) is 42.8 Å². The largest absolute Gasteiger partial charge is 0.288 e. The first-order chi connectivity index (χ1) is 11.6. The van der Waals surface area contributed by atoms with Gasteiger partial charge in [0, 0.05) is 9.40 Å². The molecule has 0 aliphatic heterocycles. The zero-order valence-electron chi connectivity index (χ0n) is 12.3. The average molecular weight is 350 g/mol. The van der Waals surface area contributed by atoms with Gasteiger partial charge in [-0.3, -0.25) is 14.4 Å². The molecule has 4 rings (SSSR count). The molecule has 2 aromatic heterocycles. The second-order valence-corrected chi connectivity index (χ2v) is 7.33. The van der Waals surface area contributed by atoms with Crippen molar-refractivity contribution in [3.8, 4) is 0 Å². The number of carbonyl (C=O) groups is 1. The van der Waals surface area contributed by atoms with E-state index < -0.39 is 5.78 Å². The average Bonchev–Trinajstić information content (AvgIpc) is 2.60. The molecule has 0 amide bonds. The Morgan fingerprint density at radius 1 is 0.667 bits per heavy atom. The smallest absolute Gasteiger partial charge is 0.244 e. The molecule has 0 spiro atoms. The normalized spacial score (nSPS) is 11.0. The summed E-state index contributed by atoms with van der Waals surface area (Å²) >= 11 is 2.05. The lowest BCUT2D eigenvalue weighted by Crippen LogP contribution is -2.18. The Bertz CT molecular complexity index is 1120. The number of ketones is 1. The fourth-order valence-corrected chi connectivity index (χ4v) is 4.29. The third kappa shape index (κ3) is 2.48. The van der Waals surface area contributed by atoms with E-state index in [1.54, 1.807) is 12.1 Å². The standard InChI is InChI=1S/C19H10O3S2/c20-17(13-9-11-5-1-3-7-15(11)23-18(13)21)14-10-12-6-2-4-8-16(12)24-19(14)22/h1-10H. The number of hydrogen-bond donors (Lipinski definition) is 0. The number of rotatable bonds is 2. The van der Waals surface area contributed by atoms with Crippen LogP contribution in [-0.2, 0) is 0 Å². The molecule has 0 aliphatic carbocycles. The molecule has 116 valence electrons. The highest BCUT2D eigenvalue weighted by atomic mass is 32.1. The summed E-state index contributed by atoms with van der Waals surface area (Å²) in [5.74, 6) is -0.506. The Kier molecular flexibility index (Phi) is 3.59. The van der Waals surface area contributed by atoms with E-state index in [4.69, 9.17) is 0 Å². The Morgan fingerprint density at radius 2 is 1.08 bits per heavy atom. The highest BCUT2D eigenvalue weighted by Gasteiger charge is 2.18. The molecular formula is C19H10O3S2. The van der Waals surface area contributed by atoms with Crippen molar-refractivity contribution in [3.05, 3.63) is 90.9 Å². The summed E-state index contributed by atoms with van der Waals surface area (Å²) in [6.07, 6.45) is 0. The van der Waals surface area contributed by atoms with E-state index in [9.17, 15) is 14.4 Å². The first-order valence-electron chi connectivity index (χ1n) is 7.24. The molecule has 24 heavy (non-hydrogen) atoms. The predicted octanol–water partition coefficient (Wildman–Crippen LogP) is 4.07. The second kappa shape index (κ2) is 5.78. The molecule has 0 unspecified atom stereocenters. The molecule has 0 atom stereocenters. The van der Waals surface area contributed by atoms with Gasteiger partial charge in [-0.2, -0.15) is 0 Å². The number of fused-ring (bicyclic) bond motifs is 2. The molecular weight excluding hydrogens is 340 g/mol. The highest BCUT2D eigenvalue weighted by Crippen LogP contribution is 2.21. The summed E-state index contributed by atoms with van der Waals surface area (Å²) < 4.78 is 0.998. The van der Waals surface area contributed by atoms with Crippen molar-refractivity contribution in [2.45, 2.75) is 0 Å². The van der Waals surface area contributed by atoms with Crippen LogP contribution < -0.4 is 9.48 Å². The Morgan fingerprint density at radius 3 is 1.54 bits per heavy atom. The van der Waals surface area contributed by atoms with E-state index in [1.807, 2.05) is 48.5 Å². The van der Waals surface area contributed by atoms with Crippen molar-refractivity contribution >= 4 is 48.6 Å². The first kappa shape index (κ1) is 14.9. The second-order valence-electron chi connectivity index (χ2n) is 5.30. The maximum absolute atomic E-state index is 12.8.